The monoisotopic (exact) mass is 408 g/mol. The average molecular weight is 408 g/mol. The van der Waals surface area contributed by atoms with Crippen LogP contribution in [0.15, 0.2) is 48.7 Å². The van der Waals surface area contributed by atoms with Crippen molar-refractivity contribution in [1.29, 1.82) is 5.26 Å². The van der Waals surface area contributed by atoms with Crippen molar-refractivity contribution >= 4 is 23.1 Å². The molecule has 150 valence electrons. The fraction of sp³-hybridized carbons (Fsp3) is 0.0556. The molecule has 0 radical (unpaired) electrons. The minimum atomic E-state index is -0.800. The van der Waals surface area contributed by atoms with Crippen molar-refractivity contribution in [2.24, 2.45) is 0 Å². The van der Waals surface area contributed by atoms with E-state index in [-0.39, 0.29) is 22.6 Å². The zero-order chi connectivity index (χ0) is 21.8. The zero-order valence-electron chi connectivity index (χ0n) is 15.3. The largest absolute Gasteiger partial charge is 0.497 e. The van der Waals surface area contributed by atoms with Crippen LogP contribution < -0.4 is 10.1 Å². The summed E-state index contributed by atoms with van der Waals surface area (Å²) in [4.78, 5) is 33.1. The highest BCUT2D eigenvalue weighted by Gasteiger charge is 2.23. The Kier molecular flexibility index (Phi) is 5.37. The number of nitriles is 1. The number of rotatable bonds is 6. The van der Waals surface area contributed by atoms with E-state index in [0.717, 1.165) is 22.9 Å². The summed E-state index contributed by atoms with van der Waals surface area (Å²) < 4.78 is 6.03. The minimum Gasteiger partial charge on any atom is -0.497 e. The normalized spacial score (nSPS) is 10.1. The van der Waals surface area contributed by atoms with Crippen LogP contribution in [0.4, 0.5) is 17.2 Å². The first-order chi connectivity index (χ1) is 14.3. The molecule has 0 saturated heterocycles. The van der Waals surface area contributed by atoms with Crippen molar-refractivity contribution in [2.45, 2.75) is 0 Å². The van der Waals surface area contributed by atoms with E-state index in [0.29, 0.717) is 5.75 Å². The van der Waals surface area contributed by atoms with Crippen LogP contribution in [0.25, 0.3) is 5.69 Å². The lowest BCUT2D eigenvalue weighted by atomic mass is 10.2. The highest BCUT2D eigenvalue weighted by atomic mass is 16.6. The molecule has 0 spiro atoms. The highest BCUT2D eigenvalue weighted by Crippen LogP contribution is 2.29. The van der Waals surface area contributed by atoms with Gasteiger partial charge < -0.3 is 10.1 Å². The molecule has 12 heteroatoms. The third-order valence-corrected chi connectivity index (χ3v) is 4.03. The maximum atomic E-state index is 12.4. The van der Waals surface area contributed by atoms with Gasteiger partial charge in [-0.05, 0) is 30.3 Å². The number of nitrogens with zero attached hydrogens (tertiary/aromatic N) is 5. The molecule has 1 N–H and O–H groups in total. The number of hydrogen-bond acceptors (Lipinski definition) is 8. The molecular weight excluding hydrogens is 396 g/mol. The topological polar surface area (TPSA) is 166 Å². The third kappa shape index (κ3) is 3.90. The highest BCUT2D eigenvalue weighted by molar-refractivity contribution is 6.04. The summed E-state index contributed by atoms with van der Waals surface area (Å²) in [6, 6.07) is 11.0. The molecule has 0 aliphatic heterocycles. The number of hydrogen-bond donors (Lipinski definition) is 1. The number of nitrogens with one attached hydrogen (secondary N) is 1. The first-order valence-corrected chi connectivity index (χ1v) is 8.22. The number of benzene rings is 2. The third-order valence-electron chi connectivity index (χ3n) is 4.03. The molecule has 30 heavy (non-hydrogen) atoms. The van der Waals surface area contributed by atoms with E-state index < -0.39 is 27.1 Å². The number of aromatic nitrogens is 2. The van der Waals surface area contributed by atoms with Crippen molar-refractivity contribution in [2.75, 3.05) is 12.4 Å². The van der Waals surface area contributed by atoms with Crippen LogP contribution in [0, 0.1) is 31.6 Å². The molecule has 1 aromatic heterocycles. The van der Waals surface area contributed by atoms with E-state index in [1.165, 1.54) is 25.4 Å². The van der Waals surface area contributed by atoms with Crippen molar-refractivity contribution in [1.82, 2.24) is 9.78 Å². The van der Waals surface area contributed by atoms with Gasteiger partial charge in [-0.2, -0.15) is 5.26 Å². The van der Waals surface area contributed by atoms with Gasteiger partial charge in [-0.25, -0.2) is 4.68 Å². The summed E-state index contributed by atoms with van der Waals surface area (Å²) in [5.41, 5.74) is -0.928. The number of anilines is 1. The Morgan fingerprint density at radius 1 is 1.17 bits per heavy atom. The molecular formula is C18H12N6O6. The van der Waals surface area contributed by atoms with Crippen LogP contribution >= 0.6 is 0 Å². The SMILES string of the molecule is COc1ccc(C(=O)Nc2nn(-c3ccc([N+](=O)[O-])cc3[N+](=O)[O-])cc2C#N)cc1. The van der Waals surface area contributed by atoms with Gasteiger partial charge in [-0.1, -0.05) is 0 Å². The molecule has 0 fully saturated rings. The molecule has 3 rings (SSSR count). The Bertz CT molecular complexity index is 1190. The fourth-order valence-corrected chi connectivity index (χ4v) is 2.56. The summed E-state index contributed by atoms with van der Waals surface area (Å²) in [6.45, 7) is 0. The molecule has 1 amide bonds. The van der Waals surface area contributed by atoms with E-state index in [1.807, 2.05) is 6.07 Å². The molecule has 1 heterocycles. The summed E-state index contributed by atoms with van der Waals surface area (Å²) in [5, 5.41) is 38.1. The number of amides is 1. The van der Waals surface area contributed by atoms with Gasteiger partial charge in [0.2, 0.25) is 0 Å². The standard InChI is InChI=1S/C18H12N6O6/c1-30-14-5-2-11(3-6-14)18(25)20-17-12(9-19)10-22(21-17)15-7-4-13(23(26)27)8-16(15)24(28)29/h2-8,10H,1H3,(H,20,21,25). The Morgan fingerprint density at radius 2 is 1.87 bits per heavy atom. The number of carbonyl (C=O) groups is 1. The maximum Gasteiger partial charge on any atom is 0.301 e. The van der Waals surface area contributed by atoms with Gasteiger partial charge in [-0.3, -0.25) is 25.0 Å². The second-order valence-electron chi connectivity index (χ2n) is 5.82. The first-order valence-electron chi connectivity index (χ1n) is 8.22. The predicted molar refractivity (Wildman–Crippen MR) is 103 cm³/mol. The molecule has 0 aliphatic rings. The predicted octanol–water partition coefficient (Wildman–Crippen LogP) is 2.82. The minimum absolute atomic E-state index is 0.0514. The summed E-state index contributed by atoms with van der Waals surface area (Å²) in [5.74, 6) is -0.123. The molecule has 0 unspecified atom stereocenters. The molecule has 0 saturated carbocycles. The smallest absolute Gasteiger partial charge is 0.301 e. The van der Waals surface area contributed by atoms with Crippen LogP contribution in [-0.4, -0.2) is 32.6 Å². The molecule has 12 nitrogen and oxygen atoms in total. The number of carbonyl (C=O) groups excluding carboxylic acids is 1. The average Bonchev–Trinajstić information content (AvgIpc) is 3.15. The number of nitro groups is 2. The maximum absolute atomic E-state index is 12.4. The summed E-state index contributed by atoms with van der Waals surface area (Å²) in [7, 11) is 1.48. The van der Waals surface area contributed by atoms with Gasteiger partial charge in [0.25, 0.3) is 11.6 Å². The molecule has 0 atom stereocenters. The van der Waals surface area contributed by atoms with E-state index in [2.05, 4.69) is 10.4 Å². The Balaban J connectivity index is 1.96. The number of non-ortho nitro benzene ring substituents is 1. The van der Waals surface area contributed by atoms with E-state index in [9.17, 15) is 30.3 Å². The molecule has 0 bridgehead atoms. The van der Waals surface area contributed by atoms with E-state index in [4.69, 9.17) is 4.74 Å². The zero-order valence-corrected chi connectivity index (χ0v) is 15.3. The quantitative estimate of drug-likeness (QED) is 0.480. The van der Waals surface area contributed by atoms with Crippen molar-refractivity contribution in [3.8, 4) is 17.5 Å². The molecule has 0 aliphatic carbocycles. The second kappa shape index (κ2) is 8.07. The van der Waals surface area contributed by atoms with Gasteiger partial charge in [0.15, 0.2) is 5.82 Å². The lowest BCUT2D eigenvalue weighted by molar-refractivity contribution is -0.394. The molecule has 2 aromatic carbocycles. The van der Waals surface area contributed by atoms with Crippen LogP contribution in [-0.2, 0) is 0 Å². The van der Waals surface area contributed by atoms with Gasteiger partial charge in [0.05, 0.1) is 29.2 Å². The van der Waals surface area contributed by atoms with Crippen LogP contribution in [0.1, 0.15) is 15.9 Å². The van der Waals surface area contributed by atoms with Crippen LogP contribution in [0.3, 0.4) is 0 Å². The fourth-order valence-electron chi connectivity index (χ4n) is 2.56. The number of ether oxygens (including phenoxy) is 1. The van der Waals surface area contributed by atoms with Crippen LogP contribution in [0.2, 0.25) is 0 Å². The lowest BCUT2D eigenvalue weighted by Gasteiger charge is -2.05. The first kappa shape index (κ1) is 20.0. The lowest BCUT2D eigenvalue weighted by Crippen LogP contribution is -2.13. The number of methoxy groups -OCH3 is 1. The Morgan fingerprint density at radius 3 is 2.43 bits per heavy atom. The van der Waals surface area contributed by atoms with Gasteiger partial charge in [-0.15, -0.1) is 5.10 Å². The van der Waals surface area contributed by atoms with Crippen LogP contribution in [0.5, 0.6) is 5.75 Å². The number of nitro benzene ring substituents is 2. The second-order valence-corrected chi connectivity index (χ2v) is 5.82. The van der Waals surface area contributed by atoms with Gasteiger partial charge in [0.1, 0.15) is 23.1 Å². The molecule has 3 aromatic rings. The van der Waals surface area contributed by atoms with Crippen molar-refractivity contribution < 1.29 is 19.4 Å². The summed E-state index contributed by atoms with van der Waals surface area (Å²) in [6.07, 6.45) is 1.18. The van der Waals surface area contributed by atoms with Crippen molar-refractivity contribution in [3.05, 3.63) is 80.0 Å². The Labute approximate surface area is 168 Å². The van der Waals surface area contributed by atoms with Gasteiger partial charge >= 0.3 is 5.69 Å². The van der Waals surface area contributed by atoms with E-state index >= 15 is 0 Å². The van der Waals surface area contributed by atoms with Crippen molar-refractivity contribution in [3.63, 3.8) is 0 Å². The van der Waals surface area contributed by atoms with Gasteiger partial charge in [0, 0.05) is 11.6 Å². The Hall–Kier alpha value is -4.79. The summed E-state index contributed by atoms with van der Waals surface area (Å²) >= 11 is 0. The van der Waals surface area contributed by atoms with E-state index in [1.54, 1.807) is 12.1 Å².